The van der Waals surface area contributed by atoms with Gasteiger partial charge in [0.15, 0.2) is 11.5 Å². The molecule has 1 saturated heterocycles. The summed E-state index contributed by atoms with van der Waals surface area (Å²) in [4.78, 5) is 55.7. The molecule has 1 fully saturated rings. The summed E-state index contributed by atoms with van der Waals surface area (Å²) < 4.78 is 7.19. The van der Waals surface area contributed by atoms with Crippen molar-refractivity contribution in [2.45, 2.75) is 77.4 Å². The number of carbonyl (C=O) groups is 2. The van der Waals surface area contributed by atoms with E-state index in [0.717, 1.165) is 70.1 Å². The number of benzene rings is 1. The van der Waals surface area contributed by atoms with Gasteiger partial charge in [-0.3, -0.25) is 23.9 Å². The highest BCUT2D eigenvalue weighted by Gasteiger charge is 2.23. The van der Waals surface area contributed by atoms with Crippen LogP contribution in [-0.4, -0.2) is 81.7 Å². The van der Waals surface area contributed by atoms with E-state index in [1.54, 1.807) is 4.57 Å². The van der Waals surface area contributed by atoms with Gasteiger partial charge < -0.3 is 31.8 Å². The molecule has 0 spiro atoms. The van der Waals surface area contributed by atoms with Crippen molar-refractivity contribution in [1.82, 2.24) is 35.1 Å². The van der Waals surface area contributed by atoms with Crippen LogP contribution in [0.15, 0.2) is 29.1 Å². The summed E-state index contributed by atoms with van der Waals surface area (Å²) in [5.74, 6) is 5.08. The molecule has 1 atom stereocenters. The van der Waals surface area contributed by atoms with Crippen LogP contribution in [0.3, 0.4) is 0 Å². The number of aromatic amines is 1. The Kier molecular flexibility index (Phi) is 14.0. The number of nitrogens with zero attached hydrogens (tertiary/aromatic N) is 4. The summed E-state index contributed by atoms with van der Waals surface area (Å²) in [7, 11) is 0. The molecule has 4 rings (SSSR count). The number of nitrogens with two attached hydrogens (primary N) is 3. The molecule has 9 N–H and O–H groups in total. The zero-order valence-corrected chi connectivity index (χ0v) is 27.3. The fourth-order valence-electron chi connectivity index (χ4n) is 5.77. The van der Waals surface area contributed by atoms with E-state index >= 15 is 0 Å². The highest BCUT2D eigenvalue weighted by Crippen LogP contribution is 2.22. The Morgan fingerprint density at radius 2 is 1.81 bits per heavy atom. The van der Waals surface area contributed by atoms with Gasteiger partial charge in [0.05, 0.1) is 13.2 Å². The fraction of sp³-hybridized carbons (Fsp3) is 0.594. The normalized spacial score (nSPS) is 14.7. The third-order valence-electron chi connectivity index (χ3n) is 8.50. The molecular formula is C32H50N10O5. The maximum Gasteiger partial charge on any atom is 0.328 e. The minimum absolute atomic E-state index is 0.169. The molecule has 0 aliphatic carbocycles. The van der Waals surface area contributed by atoms with Gasteiger partial charge in [-0.05, 0) is 81.6 Å². The summed E-state index contributed by atoms with van der Waals surface area (Å²) in [6, 6.07) is 7.81. The van der Waals surface area contributed by atoms with Crippen LogP contribution in [0.25, 0.3) is 11.2 Å². The molecule has 1 aliphatic heterocycles. The second-order valence-corrected chi connectivity index (χ2v) is 12.1. The molecule has 15 heteroatoms. The lowest BCUT2D eigenvalue weighted by Gasteiger charge is -2.32. The van der Waals surface area contributed by atoms with Crippen LogP contribution < -0.4 is 38.4 Å². The molecule has 3 heterocycles. The van der Waals surface area contributed by atoms with Gasteiger partial charge in [-0.15, -0.1) is 0 Å². The molecule has 0 bridgehead atoms. The van der Waals surface area contributed by atoms with Crippen molar-refractivity contribution in [2.75, 3.05) is 45.1 Å². The number of H-pyrrole nitrogens is 1. The quantitative estimate of drug-likeness (QED) is 0.0795. The van der Waals surface area contributed by atoms with Crippen LogP contribution in [-0.2, 0) is 27.5 Å². The number of piperidine rings is 1. The number of rotatable bonds is 19. The first-order valence-electron chi connectivity index (χ1n) is 16.6. The number of anilines is 1. The van der Waals surface area contributed by atoms with E-state index < -0.39 is 11.9 Å². The van der Waals surface area contributed by atoms with Crippen LogP contribution in [0.2, 0.25) is 0 Å². The molecular weight excluding hydrogens is 604 g/mol. The standard InChI is InChI=1S/C32H50N10O5/c1-2-3-18-46-31-39-28(34)27-29(40-31)42(32(45)38-27)20-24-9-7-23(8-10-24)19-41-16-12-22(13-17-41)11-15-36-30(44)25(6-4-5-14-33)37-26(43)21-47-35/h7-10,22,25H,2-6,11-21,33,35H2,1H3,(H,36,44)(H,37,43)(H,38,45)(H2,34,39,40)/t25-/m1/s1. The van der Waals surface area contributed by atoms with Crippen molar-refractivity contribution in [3.63, 3.8) is 0 Å². The largest absolute Gasteiger partial charge is 0.463 e. The number of hydrogen-bond acceptors (Lipinski definition) is 11. The number of nitrogens with one attached hydrogen (secondary N) is 3. The summed E-state index contributed by atoms with van der Waals surface area (Å²) in [6.45, 7) is 6.50. The third kappa shape index (κ3) is 10.7. The zero-order valence-electron chi connectivity index (χ0n) is 27.3. The number of nitrogen functional groups attached to an aromatic ring is 1. The Hall–Kier alpha value is -4.05. The SMILES string of the molecule is CCCCOc1nc(N)c2[nH]c(=O)n(Cc3ccc(CN4CCC(CCNC(=O)[C@@H](CCCCN)NC(=O)CON)CC4)cc3)c2n1. The predicted octanol–water partition coefficient (Wildman–Crippen LogP) is 1.15. The number of hydrogen-bond donors (Lipinski definition) is 6. The van der Waals surface area contributed by atoms with Gasteiger partial charge in [0.2, 0.25) is 11.8 Å². The minimum Gasteiger partial charge on any atom is -0.463 e. The summed E-state index contributed by atoms with van der Waals surface area (Å²) in [5.41, 5.74) is 14.4. The molecule has 1 aromatic carbocycles. The second kappa shape index (κ2) is 18.3. The van der Waals surface area contributed by atoms with E-state index in [9.17, 15) is 14.4 Å². The van der Waals surface area contributed by atoms with Gasteiger partial charge in [0, 0.05) is 13.1 Å². The van der Waals surface area contributed by atoms with Crippen LogP contribution in [0.4, 0.5) is 5.82 Å². The summed E-state index contributed by atoms with van der Waals surface area (Å²) >= 11 is 0. The number of carbonyl (C=O) groups excluding carboxylic acids is 2. The molecule has 15 nitrogen and oxygen atoms in total. The van der Waals surface area contributed by atoms with Crippen molar-refractivity contribution < 1.29 is 19.2 Å². The summed E-state index contributed by atoms with van der Waals surface area (Å²) in [6.07, 6.45) is 6.89. The molecule has 0 saturated carbocycles. The van der Waals surface area contributed by atoms with E-state index in [1.165, 1.54) is 5.56 Å². The van der Waals surface area contributed by atoms with Crippen LogP contribution >= 0.6 is 0 Å². The lowest BCUT2D eigenvalue weighted by Crippen LogP contribution is -2.48. The molecule has 1 aliphatic rings. The zero-order chi connectivity index (χ0) is 33.6. The van der Waals surface area contributed by atoms with Crippen molar-refractivity contribution in [2.24, 2.45) is 17.5 Å². The molecule has 2 aromatic heterocycles. The van der Waals surface area contributed by atoms with Gasteiger partial charge in [0.1, 0.15) is 18.2 Å². The molecule has 0 radical (unpaired) electrons. The Labute approximate surface area is 274 Å². The van der Waals surface area contributed by atoms with Gasteiger partial charge in [-0.25, -0.2) is 10.7 Å². The maximum absolute atomic E-state index is 12.8. The molecule has 2 amide bonds. The molecule has 0 unspecified atom stereocenters. The van der Waals surface area contributed by atoms with Crippen molar-refractivity contribution in [3.8, 4) is 6.01 Å². The highest BCUT2D eigenvalue weighted by molar-refractivity contribution is 5.88. The number of amides is 2. The van der Waals surface area contributed by atoms with Gasteiger partial charge in [-0.2, -0.15) is 9.97 Å². The lowest BCUT2D eigenvalue weighted by atomic mass is 9.93. The maximum atomic E-state index is 12.8. The van der Waals surface area contributed by atoms with Gasteiger partial charge in [-0.1, -0.05) is 37.6 Å². The van der Waals surface area contributed by atoms with E-state index in [4.69, 9.17) is 22.1 Å². The topological polar surface area (TPSA) is 222 Å². The number of unbranched alkanes of at least 4 members (excludes halogenated alkanes) is 2. The monoisotopic (exact) mass is 654 g/mol. The number of aromatic nitrogens is 4. The molecule has 3 aromatic rings. The van der Waals surface area contributed by atoms with Gasteiger partial charge in [0.25, 0.3) is 0 Å². The van der Waals surface area contributed by atoms with Crippen molar-refractivity contribution in [1.29, 1.82) is 0 Å². The van der Waals surface area contributed by atoms with Crippen molar-refractivity contribution in [3.05, 3.63) is 45.9 Å². The third-order valence-corrected chi connectivity index (χ3v) is 8.50. The Morgan fingerprint density at radius 1 is 1.09 bits per heavy atom. The van der Waals surface area contributed by atoms with E-state index in [1.807, 2.05) is 12.1 Å². The minimum atomic E-state index is -0.628. The highest BCUT2D eigenvalue weighted by atomic mass is 16.6. The van der Waals surface area contributed by atoms with E-state index in [0.29, 0.717) is 49.7 Å². The molecule has 258 valence electrons. The smallest absolute Gasteiger partial charge is 0.328 e. The average Bonchev–Trinajstić information content (AvgIpc) is 3.37. The first-order chi connectivity index (χ1) is 22.8. The summed E-state index contributed by atoms with van der Waals surface area (Å²) in [5, 5.41) is 5.69. The molecule has 47 heavy (non-hydrogen) atoms. The van der Waals surface area contributed by atoms with E-state index in [-0.39, 0.29) is 30.0 Å². The second-order valence-electron chi connectivity index (χ2n) is 12.1. The number of ether oxygens (including phenoxy) is 1. The number of fused-ring (bicyclic) bond motifs is 1. The van der Waals surface area contributed by atoms with Crippen LogP contribution in [0, 0.1) is 5.92 Å². The first-order valence-corrected chi connectivity index (χ1v) is 16.6. The number of likely N-dealkylation sites (tertiary alicyclic amines) is 1. The predicted molar refractivity (Wildman–Crippen MR) is 179 cm³/mol. The Balaban J connectivity index is 1.23. The first kappa shape index (κ1) is 35.8. The number of imidazole rings is 1. The Morgan fingerprint density at radius 3 is 2.49 bits per heavy atom. The van der Waals surface area contributed by atoms with Crippen molar-refractivity contribution >= 4 is 28.8 Å². The Bertz CT molecular complexity index is 1480. The lowest BCUT2D eigenvalue weighted by molar-refractivity contribution is -0.131. The van der Waals surface area contributed by atoms with Crippen LogP contribution in [0.1, 0.15) is 69.4 Å². The fourth-order valence-corrected chi connectivity index (χ4v) is 5.77. The average molecular weight is 655 g/mol. The van der Waals surface area contributed by atoms with Crippen LogP contribution in [0.5, 0.6) is 6.01 Å². The van der Waals surface area contributed by atoms with Gasteiger partial charge >= 0.3 is 11.7 Å². The van der Waals surface area contributed by atoms with E-state index in [2.05, 4.69) is 54.4 Å².